The fourth-order valence-electron chi connectivity index (χ4n) is 2.88. The minimum atomic E-state index is -4.36. The lowest BCUT2D eigenvalue weighted by Gasteiger charge is -2.23. The van der Waals surface area contributed by atoms with Crippen LogP contribution in [0.3, 0.4) is 0 Å². The Hall–Kier alpha value is -1.93. The van der Waals surface area contributed by atoms with Crippen LogP contribution in [0.15, 0.2) is 29.6 Å². The summed E-state index contributed by atoms with van der Waals surface area (Å²) < 4.78 is 37.9. The summed E-state index contributed by atoms with van der Waals surface area (Å²) in [7, 11) is 3.78. The highest BCUT2D eigenvalue weighted by atomic mass is 32.1. The minimum Gasteiger partial charge on any atom is -0.336 e. The lowest BCUT2D eigenvalue weighted by atomic mass is 10.1. The van der Waals surface area contributed by atoms with Crippen LogP contribution in [0.25, 0.3) is 10.6 Å². The second kappa shape index (κ2) is 6.76. The van der Waals surface area contributed by atoms with Crippen molar-refractivity contribution in [2.45, 2.75) is 18.6 Å². The highest BCUT2D eigenvalue weighted by molar-refractivity contribution is 7.13. The van der Waals surface area contributed by atoms with Crippen LogP contribution < -0.4 is 0 Å². The number of thiazole rings is 1. The molecule has 0 aliphatic carbocycles. The number of nitrogens with zero attached hydrogens (tertiary/aromatic N) is 3. The molecule has 0 spiro atoms. The summed E-state index contributed by atoms with van der Waals surface area (Å²) in [5, 5.41) is 2.19. The topological polar surface area (TPSA) is 36.4 Å². The van der Waals surface area contributed by atoms with Gasteiger partial charge in [-0.25, -0.2) is 4.98 Å². The van der Waals surface area contributed by atoms with Crippen molar-refractivity contribution in [3.8, 4) is 10.6 Å². The quantitative estimate of drug-likeness (QED) is 0.829. The maximum atomic E-state index is 12.6. The van der Waals surface area contributed by atoms with Crippen molar-refractivity contribution < 1.29 is 18.0 Å². The Morgan fingerprint density at radius 3 is 2.56 bits per heavy atom. The molecule has 1 aliphatic rings. The molecule has 2 heterocycles. The molecule has 1 saturated heterocycles. The fraction of sp³-hybridized carbons (Fsp3) is 0.412. The summed E-state index contributed by atoms with van der Waals surface area (Å²) in [6.07, 6.45) is -3.44. The molecule has 1 amide bonds. The van der Waals surface area contributed by atoms with Crippen LogP contribution in [-0.2, 0) is 6.18 Å². The van der Waals surface area contributed by atoms with E-state index in [1.165, 1.54) is 23.5 Å². The van der Waals surface area contributed by atoms with Crippen LogP contribution in [0.1, 0.15) is 22.5 Å². The molecule has 1 aromatic heterocycles. The molecule has 1 aliphatic heterocycles. The lowest BCUT2D eigenvalue weighted by Crippen LogP contribution is -2.38. The smallest absolute Gasteiger partial charge is 0.336 e. The van der Waals surface area contributed by atoms with Crippen molar-refractivity contribution in [3.63, 3.8) is 0 Å². The van der Waals surface area contributed by atoms with Crippen molar-refractivity contribution in [3.05, 3.63) is 40.9 Å². The van der Waals surface area contributed by atoms with Crippen molar-refractivity contribution in [1.82, 2.24) is 14.8 Å². The molecule has 0 radical (unpaired) electrons. The molecule has 134 valence electrons. The van der Waals surface area contributed by atoms with Gasteiger partial charge in [-0.2, -0.15) is 13.2 Å². The van der Waals surface area contributed by atoms with Gasteiger partial charge in [0.25, 0.3) is 5.91 Å². The average molecular weight is 369 g/mol. The summed E-state index contributed by atoms with van der Waals surface area (Å²) in [6, 6.07) is 4.97. The van der Waals surface area contributed by atoms with Gasteiger partial charge in [0, 0.05) is 30.6 Å². The van der Waals surface area contributed by atoms with E-state index < -0.39 is 11.7 Å². The third kappa shape index (κ3) is 3.85. The van der Waals surface area contributed by atoms with Gasteiger partial charge in [0.2, 0.25) is 0 Å². The van der Waals surface area contributed by atoms with E-state index in [9.17, 15) is 18.0 Å². The van der Waals surface area contributed by atoms with E-state index in [0.29, 0.717) is 16.3 Å². The number of likely N-dealkylation sites (tertiary alicyclic amines) is 1. The van der Waals surface area contributed by atoms with Gasteiger partial charge in [0.05, 0.1) is 5.56 Å². The van der Waals surface area contributed by atoms with E-state index in [1.807, 2.05) is 7.05 Å². The molecular formula is C17H18F3N3OS. The van der Waals surface area contributed by atoms with Gasteiger partial charge >= 0.3 is 6.18 Å². The van der Waals surface area contributed by atoms with Crippen LogP contribution >= 0.6 is 11.3 Å². The third-order valence-corrected chi connectivity index (χ3v) is 5.31. The predicted molar refractivity (Wildman–Crippen MR) is 90.5 cm³/mol. The Kier molecular flexibility index (Phi) is 4.83. The zero-order valence-corrected chi connectivity index (χ0v) is 14.7. The molecule has 0 N–H and O–H groups in total. The van der Waals surface area contributed by atoms with Crippen LogP contribution in [0.2, 0.25) is 0 Å². The molecule has 1 atom stereocenters. The Morgan fingerprint density at radius 1 is 1.32 bits per heavy atom. The zero-order valence-electron chi connectivity index (χ0n) is 13.9. The summed E-state index contributed by atoms with van der Waals surface area (Å²) in [5.41, 5.74) is 0.200. The maximum Gasteiger partial charge on any atom is 0.416 e. The van der Waals surface area contributed by atoms with E-state index >= 15 is 0 Å². The number of benzene rings is 1. The van der Waals surface area contributed by atoms with E-state index in [2.05, 4.69) is 9.88 Å². The van der Waals surface area contributed by atoms with Crippen LogP contribution in [-0.4, -0.2) is 53.9 Å². The largest absolute Gasteiger partial charge is 0.416 e. The number of halogens is 3. The lowest BCUT2D eigenvalue weighted by molar-refractivity contribution is -0.137. The first-order valence-electron chi connectivity index (χ1n) is 7.84. The van der Waals surface area contributed by atoms with Crippen LogP contribution in [0.4, 0.5) is 13.2 Å². The van der Waals surface area contributed by atoms with Crippen molar-refractivity contribution in [2.75, 3.05) is 27.2 Å². The van der Waals surface area contributed by atoms with Crippen LogP contribution in [0, 0.1) is 0 Å². The first-order chi connectivity index (χ1) is 11.8. The number of aromatic nitrogens is 1. The average Bonchev–Trinajstić information content (AvgIpc) is 3.22. The van der Waals surface area contributed by atoms with E-state index in [-0.39, 0.29) is 11.9 Å². The molecule has 2 aromatic rings. The highest BCUT2D eigenvalue weighted by Gasteiger charge is 2.30. The number of carbonyl (C=O) groups excluding carboxylic acids is 1. The first-order valence-corrected chi connectivity index (χ1v) is 8.72. The number of hydrogen-bond donors (Lipinski definition) is 0. The molecule has 0 saturated carbocycles. The van der Waals surface area contributed by atoms with Crippen molar-refractivity contribution in [2.24, 2.45) is 0 Å². The van der Waals surface area contributed by atoms with Gasteiger partial charge < -0.3 is 9.80 Å². The fourth-order valence-corrected chi connectivity index (χ4v) is 3.68. The maximum absolute atomic E-state index is 12.6. The summed E-state index contributed by atoms with van der Waals surface area (Å²) >= 11 is 1.25. The molecule has 25 heavy (non-hydrogen) atoms. The van der Waals surface area contributed by atoms with Gasteiger partial charge in [-0.05, 0) is 32.1 Å². The Balaban J connectivity index is 1.74. The minimum absolute atomic E-state index is 0.158. The summed E-state index contributed by atoms with van der Waals surface area (Å²) in [5.74, 6) is -0.158. The van der Waals surface area contributed by atoms with Gasteiger partial charge in [0.1, 0.15) is 10.7 Å². The monoisotopic (exact) mass is 369 g/mol. The normalized spacial score (nSPS) is 18.5. The number of likely N-dealkylation sites (N-methyl/N-ethyl adjacent to an activating group) is 2. The number of carbonyl (C=O) groups is 1. The SMILES string of the molecule is CN1CC[C@H](N(C)C(=O)c2csc(-c3ccc(C(F)(F)F)cc3)n2)C1. The number of hydrogen-bond acceptors (Lipinski definition) is 4. The van der Waals surface area contributed by atoms with E-state index in [4.69, 9.17) is 0 Å². The molecular weight excluding hydrogens is 351 g/mol. The molecule has 1 aromatic carbocycles. The Labute approximate surface area is 147 Å². The molecule has 3 rings (SSSR count). The second-order valence-electron chi connectivity index (χ2n) is 6.23. The van der Waals surface area contributed by atoms with Gasteiger partial charge in [0.15, 0.2) is 0 Å². The molecule has 8 heteroatoms. The van der Waals surface area contributed by atoms with Crippen LogP contribution in [0.5, 0.6) is 0 Å². The number of rotatable bonds is 3. The summed E-state index contributed by atoms with van der Waals surface area (Å²) in [4.78, 5) is 20.8. The van der Waals surface area contributed by atoms with E-state index in [1.54, 1.807) is 17.3 Å². The zero-order chi connectivity index (χ0) is 18.2. The van der Waals surface area contributed by atoms with Gasteiger partial charge in [-0.3, -0.25) is 4.79 Å². The van der Waals surface area contributed by atoms with Gasteiger partial charge in [-0.1, -0.05) is 12.1 Å². The standard InChI is InChI=1S/C17H18F3N3OS/c1-22-8-7-13(9-22)23(2)16(24)14-10-25-15(21-14)11-3-5-12(6-4-11)17(18,19)20/h3-6,10,13H,7-9H2,1-2H3/t13-/m0/s1. The predicted octanol–water partition coefficient (Wildman–Crippen LogP) is 3.61. The highest BCUT2D eigenvalue weighted by Crippen LogP contribution is 2.32. The molecule has 0 unspecified atom stereocenters. The second-order valence-corrected chi connectivity index (χ2v) is 7.09. The third-order valence-electron chi connectivity index (χ3n) is 4.42. The molecule has 4 nitrogen and oxygen atoms in total. The van der Waals surface area contributed by atoms with Gasteiger partial charge in [-0.15, -0.1) is 11.3 Å². The molecule has 1 fully saturated rings. The van der Waals surface area contributed by atoms with Crippen molar-refractivity contribution >= 4 is 17.2 Å². The summed E-state index contributed by atoms with van der Waals surface area (Å²) in [6.45, 7) is 1.79. The molecule has 0 bridgehead atoms. The van der Waals surface area contributed by atoms with Crippen molar-refractivity contribution in [1.29, 1.82) is 0 Å². The number of alkyl halides is 3. The van der Waals surface area contributed by atoms with E-state index in [0.717, 1.165) is 31.6 Å². The number of amides is 1. The Bertz CT molecular complexity index is 757. The first kappa shape index (κ1) is 17.9. The Morgan fingerprint density at radius 2 is 2.00 bits per heavy atom.